The monoisotopic (exact) mass is 318 g/mol. The van der Waals surface area contributed by atoms with Crippen LogP contribution in [0.5, 0.6) is 0 Å². The molecule has 1 unspecified atom stereocenters. The smallest absolute Gasteiger partial charge is 0.244 e. The van der Waals surface area contributed by atoms with E-state index in [4.69, 9.17) is 11.6 Å². The lowest BCUT2D eigenvalue weighted by Crippen LogP contribution is -2.27. The minimum absolute atomic E-state index is 0.00236. The van der Waals surface area contributed by atoms with Gasteiger partial charge in [0.15, 0.2) is 0 Å². The lowest BCUT2D eigenvalue weighted by atomic mass is 10.4. The van der Waals surface area contributed by atoms with Gasteiger partial charge in [-0.3, -0.25) is 0 Å². The summed E-state index contributed by atoms with van der Waals surface area (Å²) in [5, 5.41) is 0.707. The normalized spacial score (nSPS) is 13.4. The van der Waals surface area contributed by atoms with Crippen LogP contribution in [0.3, 0.4) is 0 Å². The van der Waals surface area contributed by atoms with E-state index in [0.717, 1.165) is 17.3 Å². The molecule has 0 saturated carbocycles. The summed E-state index contributed by atoms with van der Waals surface area (Å²) in [5.74, 6) is 0. The molecule has 6 nitrogen and oxygen atoms in total. The maximum Gasteiger partial charge on any atom is 0.244 e. The van der Waals surface area contributed by atoms with E-state index < -0.39 is 16.1 Å². The fourth-order valence-corrected chi connectivity index (χ4v) is 3.41. The Morgan fingerprint density at radius 3 is 2.42 bits per heavy atom. The summed E-state index contributed by atoms with van der Waals surface area (Å²) in [4.78, 5) is 12.4. The molecule has 2 aromatic rings. The highest BCUT2D eigenvalue weighted by Crippen LogP contribution is 2.21. The Balaban J connectivity index is 2.19. The molecule has 0 fully saturated rings. The van der Waals surface area contributed by atoms with Crippen molar-refractivity contribution in [3.05, 3.63) is 33.8 Å². The van der Waals surface area contributed by atoms with Gasteiger partial charge in [0.2, 0.25) is 15.3 Å². The van der Waals surface area contributed by atoms with Gasteiger partial charge in [0, 0.05) is 11.1 Å². The molecule has 19 heavy (non-hydrogen) atoms. The second-order valence-corrected chi connectivity index (χ2v) is 7.16. The van der Waals surface area contributed by atoms with Crippen molar-refractivity contribution in [1.82, 2.24) is 19.7 Å². The molecular weight excluding hydrogens is 308 g/mol. The number of aromatic nitrogens is 3. The Bertz CT molecular complexity index is 669. The van der Waals surface area contributed by atoms with Crippen LogP contribution in [0.2, 0.25) is 5.28 Å². The number of halogens is 1. The summed E-state index contributed by atoms with van der Waals surface area (Å²) in [7, 11) is -3.68. The highest BCUT2D eigenvalue weighted by atomic mass is 35.5. The van der Waals surface area contributed by atoms with E-state index in [1.807, 2.05) is 6.92 Å². The minimum atomic E-state index is -3.68. The summed E-state index contributed by atoms with van der Waals surface area (Å²) >= 11 is 6.96. The van der Waals surface area contributed by atoms with Crippen LogP contribution in [-0.4, -0.2) is 23.4 Å². The lowest BCUT2D eigenvalue weighted by Gasteiger charge is -2.11. The van der Waals surface area contributed by atoms with Crippen molar-refractivity contribution in [3.8, 4) is 0 Å². The topological polar surface area (TPSA) is 84.8 Å². The molecule has 1 N–H and O–H groups in total. The number of aryl methyl sites for hydroxylation is 1. The number of nitrogens with zero attached hydrogens (tertiary/aromatic N) is 3. The Morgan fingerprint density at radius 2 is 1.89 bits per heavy atom. The van der Waals surface area contributed by atoms with Crippen LogP contribution in [0.4, 0.5) is 0 Å². The van der Waals surface area contributed by atoms with Gasteiger partial charge in [-0.2, -0.15) is 0 Å². The molecule has 102 valence electrons. The molecule has 0 aromatic carbocycles. The van der Waals surface area contributed by atoms with Crippen molar-refractivity contribution < 1.29 is 8.42 Å². The third-order valence-electron chi connectivity index (χ3n) is 2.25. The predicted molar refractivity (Wildman–Crippen MR) is 72.6 cm³/mol. The molecule has 2 aromatic heterocycles. The van der Waals surface area contributed by atoms with Crippen molar-refractivity contribution in [2.75, 3.05) is 0 Å². The zero-order valence-corrected chi connectivity index (χ0v) is 12.6. The molecule has 9 heteroatoms. The van der Waals surface area contributed by atoms with E-state index in [9.17, 15) is 8.42 Å². The number of rotatable bonds is 4. The van der Waals surface area contributed by atoms with Gasteiger partial charge in [0.05, 0.1) is 18.4 Å². The molecule has 0 aliphatic rings. The minimum Gasteiger partial charge on any atom is -0.248 e. The van der Waals surface area contributed by atoms with Crippen LogP contribution in [0.15, 0.2) is 23.5 Å². The molecule has 2 heterocycles. The third-order valence-corrected chi connectivity index (χ3v) is 5.03. The van der Waals surface area contributed by atoms with Crippen LogP contribution in [0.25, 0.3) is 0 Å². The first-order valence-electron chi connectivity index (χ1n) is 5.30. The fourth-order valence-electron chi connectivity index (χ4n) is 1.36. The van der Waals surface area contributed by atoms with Crippen molar-refractivity contribution in [2.24, 2.45) is 0 Å². The summed E-state index contributed by atoms with van der Waals surface area (Å²) in [5.41, 5.74) is 0. The molecule has 0 aliphatic heterocycles. The zero-order chi connectivity index (χ0) is 14.0. The predicted octanol–water partition coefficient (Wildman–Crippen LogP) is 1.93. The summed E-state index contributed by atoms with van der Waals surface area (Å²) < 4.78 is 26.7. The lowest BCUT2D eigenvalue weighted by molar-refractivity contribution is 0.565. The van der Waals surface area contributed by atoms with Gasteiger partial charge in [0.25, 0.3) is 0 Å². The molecular formula is C10H11ClN4O2S2. The van der Waals surface area contributed by atoms with Crippen LogP contribution >= 0.6 is 22.9 Å². The molecule has 1 atom stereocenters. The Morgan fingerprint density at radius 1 is 1.26 bits per heavy atom. The SMILES string of the molecule is Cc1cnc(C(C)NS(=O)(=O)c2cnc(Cl)nc2)s1. The van der Waals surface area contributed by atoms with Gasteiger partial charge >= 0.3 is 0 Å². The number of sulfonamides is 1. The molecule has 0 amide bonds. The number of hydrogen-bond donors (Lipinski definition) is 1. The van der Waals surface area contributed by atoms with Gasteiger partial charge in [0.1, 0.15) is 9.90 Å². The van der Waals surface area contributed by atoms with Crippen LogP contribution in [0.1, 0.15) is 22.9 Å². The van der Waals surface area contributed by atoms with Crippen molar-refractivity contribution in [1.29, 1.82) is 0 Å². The molecule has 0 aliphatic carbocycles. The van der Waals surface area contributed by atoms with Crippen LogP contribution < -0.4 is 4.72 Å². The third kappa shape index (κ3) is 3.47. The molecule has 0 radical (unpaired) electrons. The average molecular weight is 319 g/mol. The first-order valence-corrected chi connectivity index (χ1v) is 7.98. The average Bonchev–Trinajstić information content (AvgIpc) is 2.76. The van der Waals surface area contributed by atoms with E-state index in [1.54, 1.807) is 13.1 Å². The van der Waals surface area contributed by atoms with E-state index >= 15 is 0 Å². The van der Waals surface area contributed by atoms with E-state index in [2.05, 4.69) is 19.7 Å². The Labute approximate surface area is 119 Å². The summed E-state index contributed by atoms with van der Waals surface area (Å²) in [6, 6.07) is -0.417. The zero-order valence-electron chi connectivity index (χ0n) is 10.2. The number of hydrogen-bond acceptors (Lipinski definition) is 6. The Hall–Kier alpha value is -1.09. The van der Waals surface area contributed by atoms with Gasteiger partial charge in [-0.1, -0.05) is 0 Å². The first kappa shape index (κ1) is 14.3. The first-order chi connectivity index (χ1) is 8.88. The van der Waals surface area contributed by atoms with Crippen molar-refractivity contribution in [3.63, 3.8) is 0 Å². The second kappa shape index (κ2) is 5.49. The highest BCUT2D eigenvalue weighted by Gasteiger charge is 2.20. The van der Waals surface area contributed by atoms with Crippen LogP contribution in [0, 0.1) is 6.92 Å². The van der Waals surface area contributed by atoms with Crippen molar-refractivity contribution in [2.45, 2.75) is 24.8 Å². The number of thiazole rings is 1. The van der Waals surface area contributed by atoms with E-state index in [1.165, 1.54) is 11.3 Å². The largest absolute Gasteiger partial charge is 0.248 e. The van der Waals surface area contributed by atoms with Gasteiger partial charge < -0.3 is 0 Å². The fraction of sp³-hybridized carbons (Fsp3) is 0.300. The van der Waals surface area contributed by atoms with Gasteiger partial charge in [-0.15, -0.1) is 11.3 Å². The molecule has 0 saturated heterocycles. The Kier molecular flexibility index (Phi) is 4.14. The maximum atomic E-state index is 12.1. The maximum absolute atomic E-state index is 12.1. The number of nitrogens with one attached hydrogen (secondary N) is 1. The highest BCUT2D eigenvalue weighted by molar-refractivity contribution is 7.89. The molecule has 0 spiro atoms. The molecule has 0 bridgehead atoms. The van der Waals surface area contributed by atoms with Gasteiger partial charge in [-0.05, 0) is 25.4 Å². The van der Waals surface area contributed by atoms with Crippen molar-refractivity contribution >= 4 is 33.0 Å². The van der Waals surface area contributed by atoms with Gasteiger partial charge in [-0.25, -0.2) is 28.1 Å². The quantitative estimate of drug-likeness (QED) is 0.871. The second-order valence-electron chi connectivity index (χ2n) is 3.84. The van der Waals surface area contributed by atoms with E-state index in [-0.39, 0.29) is 10.2 Å². The molecule has 2 rings (SSSR count). The standard InChI is InChI=1S/C10H11ClN4O2S2/c1-6-3-12-9(18-6)7(2)15-19(16,17)8-4-13-10(11)14-5-8/h3-5,7,15H,1-2H3. The summed E-state index contributed by atoms with van der Waals surface area (Å²) in [6.07, 6.45) is 4.03. The van der Waals surface area contributed by atoms with E-state index in [0.29, 0.717) is 5.01 Å². The van der Waals surface area contributed by atoms with Crippen LogP contribution in [-0.2, 0) is 10.0 Å². The summed E-state index contributed by atoms with van der Waals surface area (Å²) in [6.45, 7) is 3.64.